The Morgan fingerprint density at radius 1 is 1.18 bits per heavy atom. The SMILES string of the molecule is C.NCC1CCc2c(C3=CCC(C(=O)O)CC3)nn(C(=O)c3c(Cl)cccc3C3CC3)c2C1. The van der Waals surface area contributed by atoms with Crippen molar-refractivity contribution in [2.75, 3.05) is 6.54 Å². The summed E-state index contributed by atoms with van der Waals surface area (Å²) in [4.78, 5) is 25.2. The Bertz CT molecular complexity index is 1120. The van der Waals surface area contributed by atoms with E-state index in [1.165, 1.54) is 0 Å². The molecule has 1 fully saturated rings. The number of aromatic nitrogens is 2. The number of fused-ring (bicyclic) bond motifs is 1. The molecule has 0 radical (unpaired) electrons. The first-order valence-electron chi connectivity index (χ1n) is 11.5. The number of allylic oxidation sites excluding steroid dienone is 2. The van der Waals surface area contributed by atoms with Crippen LogP contribution in [0.3, 0.4) is 0 Å². The number of hydrogen-bond donors (Lipinski definition) is 2. The Morgan fingerprint density at radius 2 is 1.97 bits per heavy atom. The molecule has 3 aliphatic rings. The molecule has 3 N–H and O–H groups in total. The van der Waals surface area contributed by atoms with Gasteiger partial charge in [-0.2, -0.15) is 9.78 Å². The van der Waals surface area contributed by atoms with E-state index in [1.807, 2.05) is 18.2 Å². The third-order valence-corrected chi connectivity index (χ3v) is 7.56. The van der Waals surface area contributed by atoms with Crippen LogP contribution in [0.2, 0.25) is 5.02 Å². The van der Waals surface area contributed by atoms with Crippen LogP contribution in [-0.4, -0.2) is 33.3 Å². The van der Waals surface area contributed by atoms with Crippen LogP contribution >= 0.6 is 11.6 Å². The Labute approximate surface area is 199 Å². The van der Waals surface area contributed by atoms with E-state index in [9.17, 15) is 14.7 Å². The minimum Gasteiger partial charge on any atom is -0.481 e. The van der Waals surface area contributed by atoms with E-state index in [2.05, 4.69) is 0 Å². The second-order valence-corrected chi connectivity index (χ2v) is 9.76. The Hall–Kier alpha value is -2.44. The topological polar surface area (TPSA) is 98.2 Å². The molecule has 5 rings (SSSR count). The molecule has 0 amide bonds. The molecule has 1 aromatic carbocycles. The van der Waals surface area contributed by atoms with Crippen LogP contribution < -0.4 is 5.73 Å². The monoisotopic (exact) mass is 469 g/mol. The average molecular weight is 470 g/mol. The number of hydrogen-bond acceptors (Lipinski definition) is 4. The van der Waals surface area contributed by atoms with E-state index < -0.39 is 5.97 Å². The highest BCUT2D eigenvalue weighted by Crippen LogP contribution is 2.44. The van der Waals surface area contributed by atoms with Crippen molar-refractivity contribution < 1.29 is 14.7 Å². The molecule has 0 spiro atoms. The van der Waals surface area contributed by atoms with E-state index in [-0.39, 0.29) is 19.3 Å². The lowest BCUT2D eigenvalue weighted by atomic mass is 9.83. The quantitative estimate of drug-likeness (QED) is 0.636. The number of carboxylic acid groups (broad SMARTS) is 1. The number of benzene rings is 1. The van der Waals surface area contributed by atoms with Crippen LogP contribution in [0, 0.1) is 11.8 Å². The zero-order chi connectivity index (χ0) is 22.4. The number of rotatable bonds is 5. The number of aliphatic carboxylic acids is 1. The summed E-state index contributed by atoms with van der Waals surface area (Å²) in [6.07, 6.45) is 8.44. The van der Waals surface area contributed by atoms with Gasteiger partial charge in [0, 0.05) is 5.56 Å². The summed E-state index contributed by atoms with van der Waals surface area (Å²) in [5.74, 6) is -0.546. The van der Waals surface area contributed by atoms with Gasteiger partial charge in [0.05, 0.1) is 27.9 Å². The molecule has 1 heterocycles. The fourth-order valence-corrected chi connectivity index (χ4v) is 5.45. The molecule has 176 valence electrons. The highest BCUT2D eigenvalue weighted by atomic mass is 35.5. The van der Waals surface area contributed by atoms with Crippen molar-refractivity contribution in [1.82, 2.24) is 9.78 Å². The van der Waals surface area contributed by atoms with E-state index in [1.54, 1.807) is 10.7 Å². The summed E-state index contributed by atoms with van der Waals surface area (Å²) in [6.45, 7) is 0.580. The number of nitrogens with zero attached hydrogens (tertiary/aromatic N) is 2. The summed E-state index contributed by atoms with van der Waals surface area (Å²) >= 11 is 6.54. The number of carbonyl (C=O) groups is 2. The standard InChI is InChI=1S/C25H28ClN3O3.CH4/c26-20-3-1-2-18(15-5-6-15)22(20)24(30)29-21-12-14(13-27)4-11-19(21)23(28-29)16-7-9-17(10-8-16)25(31)32;/h1-3,7,14-15,17H,4-6,8-13,27H2,(H,31,32);1H4. The normalized spacial score (nSPS) is 22.2. The van der Waals surface area contributed by atoms with Crippen molar-refractivity contribution in [3.05, 3.63) is 57.4 Å². The average Bonchev–Trinajstić information content (AvgIpc) is 3.58. The molecular weight excluding hydrogens is 438 g/mol. The predicted octanol–water partition coefficient (Wildman–Crippen LogP) is 5.07. The van der Waals surface area contributed by atoms with Crippen LogP contribution in [0.4, 0.5) is 0 Å². The third kappa shape index (κ3) is 4.38. The summed E-state index contributed by atoms with van der Waals surface area (Å²) in [5.41, 5.74) is 11.5. The fourth-order valence-electron chi connectivity index (χ4n) is 5.19. The minimum atomic E-state index is -0.750. The van der Waals surface area contributed by atoms with Crippen LogP contribution in [0.5, 0.6) is 0 Å². The van der Waals surface area contributed by atoms with Crippen LogP contribution in [0.15, 0.2) is 24.3 Å². The number of carbonyl (C=O) groups excluding carboxylic acids is 1. The second-order valence-electron chi connectivity index (χ2n) is 9.35. The summed E-state index contributed by atoms with van der Waals surface area (Å²) in [5, 5.41) is 14.6. The van der Waals surface area contributed by atoms with Crippen molar-refractivity contribution in [3.8, 4) is 0 Å². The highest BCUT2D eigenvalue weighted by molar-refractivity contribution is 6.34. The molecule has 7 heteroatoms. The van der Waals surface area contributed by atoms with Crippen LogP contribution in [0.1, 0.15) is 84.7 Å². The Balaban J connectivity index is 0.00000259. The molecule has 33 heavy (non-hydrogen) atoms. The molecule has 0 bridgehead atoms. The maximum Gasteiger partial charge on any atom is 0.306 e. The number of nitrogens with two attached hydrogens (primary N) is 1. The van der Waals surface area contributed by atoms with Crippen LogP contribution in [0.25, 0.3) is 5.57 Å². The second kappa shape index (κ2) is 9.43. The van der Waals surface area contributed by atoms with Gasteiger partial charge in [0.1, 0.15) is 0 Å². The first-order chi connectivity index (χ1) is 15.5. The molecule has 2 unspecified atom stereocenters. The van der Waals surface area contributed by atoms with Crippen LogP contribution in [-0.2, 0) is 17.6 Å². The van der Waals surface area contributed by atoms with Gasteiger partial charge < -0.3 is 10.8 Å². The lowest BCUT2D eigenvalue weighted by Crippen LogP contribution is -2.26. The van der Waals surface area contributed by atoms with Gasteiger partial charge in [0.15, 0.2) is 0 Å². The van der Waals surface area contributed by atoms with Crippen molar-refractivity contribution in [2.24, 2.45) is 17.6 Å². The van der Waals surface area contributed by atoms with Gasteiger partial charge in [-0.25, -0.2) is 0 Å². The molecule has 0 saturated heterocycles. The largest absolute Gasteiger partial charge is 0.481 e. The van der Waals surface area contributed by atoms with Crippen molar-refractivity contribution in [2.45, 2.75) is 64.7 Å². The maximum absolute atomic E-state index is 13.8. The molecule has 6 nitrogen and oxygen atoms in total. The molecule has 3 aliphatic carbocycles. The van der Waals surface area contributed by atoms with Gasteiger partial charge in [-0.05, 0) is 87.0 Å². The Morgan fingerprint density at radius 3 is 2.61 bits per heavy atom. The van der Waals surface area contributed by atoms with E-state index in [0.717, 1.165) is 60.2 Å². The van der Waals surface area contributed by atoms with Crippen molar-refractivity contribution >= 4 is 29.1 Å². The molecular formula is C26H32ClN3O3. The van der Waals surface area contributed by atoms with Gasteiger partial charge in [-0.1, -0.05) is 37.2 Å². The fraction of sp³-hybridized carbons (Fsp3) is 0.500. The molecule has 0 aliphatic heterocycles. The Kier molecular flexibility index (Phi) is 6.78. The maximum atomic E-state index is 13.8. The zero-order valence-corrected chi connectivity index (χ0v) is 18.8. The summed E-state index contributed by atoms with van der Waals surface area (Å²) in [7, 11) is 0. The molecule has 1 aromatic heterocycles. The summed E-state index contributed by atoms with van der Waals surface area (Å²) in [6, 6.07) is 5.69. The van der Waals surface area contributed by atoms with Gasteiger partial charge >= 0.3 is 5.97 Å². The van der Waals surface area contributed by atoms with Gasteiger partial charge in [-0.15, -0.1) is 0 Å². The van der Waals surface area contributed by atoms with E-state index in [0.29, 0.717) is 48.2 Å². The lowest BCUT2D eigenvalue weighted by molar-refractivity contribution is -0.141. The van der Waals surface area contributed by atoms with Gasteiger partial charge in [0.25, 0.3) is 5.91 Å². The molecule has 1 saturated carbocycles. The van der Waals surface area contributed by atoms with Gasteiger partial charge in [-0.3, -0.25) is 9.59 Å². The molecule has 2 atom stereocenters. The minimum absolute atomic E-state index is 0. The zero-order valence-electron chi connectivity index (χ0n) is 18.0. The van der Waals surface area contributed by atoms with Crippen molar-refractivity contribution in [1.29, 1.82) is 0 Å². The van der Waals surface area contributed by atoms with E-state index in [4.69, 9.17) is 22.4 Å². The van der Waals surface area contributed by atoms with Crippen molar-refractivity contribution in [3.63, 3.8) is 0 Å². The lowest BCUT2D eigenvalue weighted by Gasteiger charge is -2.23. The first kappa shape index (κ1) is 23.7. The summed E-state index contributed by atoms with van der Waals surface area (Å²) < 4.78 is 1.57. The molecule has 2 aromatic rings. The first-order valence-corrected chi connectivity index (χ1v) is 11.9. The smallest absolute Gasteiger partial charge is 0.306 e. The number of halogens is 1. The van der Waals surface area contributed by atoms with Gasteiger partial charge in [0.2, 0.25) is 0 Å². The highest BCUT2D eigenvalue weighted by Gasteiger charge is 2.34. The predicted molar refractivity (Wildman–Crippen MR) is 130 cm³/mol. The number of carboxylic acids is 1. The van der Waals surface area contributed by atoms with E-state index >= 15 is 0 Å². The third-order valence-electron chi connectivity index (χ3n) is 7.24.